The molecule has 0 saturated carbocycles. The van der Waals surface area contributed by atoms with Gasteiger partial charge in [0.15, 0.2) is 0 Å². The van der Waals surface area contributed by atoms with Gasteiger partial charge in [0.25, 0.3) is 0 Å². The number of piperidine rings is 1. The summed E-state index contributed by atoms with van der Waals surface area (Å²) in [5.41, 5.74) is 8.31. The van der Waals surface area contributed by atoms with Gasteiger partial charge in [-0.05, 0) is 55.9 Å². The molecule has 12 nitrogen and oxygen atoms in total. The highest BCUT2D eigenvalue weighted by Crippen LogP contribution is 2.51. The first kappa shape index (κ1) is 36.4. The number of carbonyl (C=O) groups is 4. The molecule has 1 unspecified atom stereocenters. The van der Waals surface area contributed by atoms with Gasteiger partial charge in [0.05, 0.1) is 17.7 Å². The molecule has 2 aromatic carbocycles. The van der Waals surface area contributed by atoms with Crippen LogP contribution in [0.2, 0.25) is 0 Å². The summed E-state index contributed by atoms with van der Waals surface area (Å²) < 4.78 is 57.4. The van der Waals surface area contributed by atoms with Gasteiger partial charge in [-0.2, -0.15) is 13.2 Å². The summed E-state index contributed by atoms with van der Waals surface area (Å²) >= 11 is 0. The zero-order valence-corrected chi connectivity index (χ0v) is 27.4. The van der Waals surface area contributed by atoms with Gasteiger partial charge in [-0.1, -0.05) is 42.5 Å². The average molecular weight is 694 g/mol. The number of nitrogens with zero attached hydrogens (tertiary/aromatic N) is 1. The Kier molecular flexibility index (Phi) is 10.3. The highest BCUT2D eigenvalue weighted by Gasteiger charge is 2.48. The number of carboxylic acids is 1. The lowest BCUT2D eigenvalue weighted by atomic mass is 9.73. The third-order valence-corrected chi connectivity index (χ3v) is 9.24. The minimum absolute atomic E-state index is 0.180. The van der Waals surface area contributed by atoms with Gasteiger partial charge in [-0.15, -0.1) is 0 Å². The second-order valence-corrected chi connectivity index (χ2v) is 14.6. The van der Waals surface area contributed by atoms with Crippen molar-refractivity contribution in [3.05, 3.63) is 71.4 Å². The molecule has 1 spiro atoms. The number of aromatic amines is 1. The summed E-state index contributed by atoms with van der Waals surface area (Å²) in [6.07, 6.45) is -0.214. The van der Waals surface area contributed by atoms with E-state index in [1.54, 1.807) is 18.7 Å². The summed E-state index contributed by atoms with van der Waals surface area (Å²) in [6.45, 7) is 4.10. The van der Waals surface area contributed by atoms with Crippen LogP contribution < -0.4 is 15.8 Å². The number of likely N-dealkylation sites (tertiary alicyclic amines) is 1. The van der Waals surface area contributed by atoms with Crippen LogP contribution in [0.25, 0.3) is 10.9 Å². The van der Waals surface area contributed by atoms with Crippen molar-refractivity contribution >= 4 is 44.6 Å². The molecule has 5 rings (SSSR count). The first-order valence-electron chi connectivity index (χ1n) is 15.1. The number of H-pyrrole nitrogens is 1. The lowest BCUT2D eigenvalue weighted by Crippen LogP contribution is -2.58. The maximum atomic E-state index is 13.9. The third kappa shape index (κ3) is 8.34. The number of nitrogens with one attached hydrogen (secondary N) is 3. The Morgan fingerprint density at radius 2 is 1.65 bits per heavy atom. The van der Waals surface area contributed by atoms with Gasteiger partial charge in [0.2, 0.25) is 27.7 Å². The number of fused-ring (bicyclic) bond motifs is 3. The number of nitrogens with two attached hydrogens (primary N) is 1. The number of hydrogen-bond donors (Lipinski definition) is 5. The van der Waals surface area contributed by atoms with Crippen LogP contribution in [0.4, 0.5) is 13.2 Å². The number of carboxylic acid groups (broad SMARTS) is 1. The minimum atomic E-state index is -5.08. The van der Waals surface area contributed by atoms with Crippen molar-refractivity contribution in [2.24, 2.45) is 5.73 Å². The van der Waals surface area contributed by atoms with Crippen LogP contribution in [0.5, 0.6) is 0 Å². The summed E-state index contributed by atoms with van der Waals surface area (Å²) in [7, 11) is -3.69. The number of aliphatic carboxylic acids is 1. The van der Waals surface area contributed by atoms with E-state index in [1.807, 2.05) is 54.7 Å². The smallest absolute Gasteiger partial charge is 0.475 e. The molecule has 3 aromatic rings. The summed E-state index contributed by atoms with van der Waals surface area (Å²) in [4.78, 5) is 53.7. The lowest BCUT2D eigenvalue weighted by Gasteiger charge is -2.41. The van der Waals surface area contributed by atoms with Crippen LogP contribution in [0.3, 0.4) is 0 Å². The summed E-state index contributed by atoms with van der Waals surface area (Å²) in [6, 6.07) is 14.7. The van der Waals surface area contributed by atoms with Gasteiger partial charge in [-0.3, -0.25) is 19.1 Å². The van der Waals surface area contributed by atoms with Crippen molar-refractivity contribution in [3.8, 4) is 0 Å². The van der Waals surface area contributed by atoms with E-state index in [1.165, 1.54) is 0 Å². The Bertz CT molecular complexity index is 1810. The first-order chi connectivity index (χ1) is 22.2. The molecular weight excluding hydrogens is 655 g/mol. The molecule has 1 saturated heterocycles. The number of alkyl halides is 3. The molecule has 1 aliphatic heterocycles. The summed E-state index contributed by atoms with van der Waals surface area (Å²) in [5, 5.41) is 11.0. The van der Waals surface area contributed by atoms with Gasteiger partial charge < -0.3 is 26.0 Å². The molecule has 48 heavy (non-hydrogen) atoms. The van der Waals surface area contributed by atoms with Gasteiger partial charge >= 0.3 is 12.1 Å². The molecule has 6 N–H and O–H groups in total. The molecule has 1 fully saturated rings. The molecule has 2 aliphatic rings. The largest absolute Gasteiger partial charge is 0.490 e. The van der Waals surface area contributed by atoms with Crippen LogP contribution in [0, 0.1) is 0 Å². The Hall–Kier alpha value is -4.44. The number of sulfonamides is 1. The predicted molar refractivity (Wildman–Crippen MR) is 170 cm³/mol. The molecule has 1 aromatic heterocycles. The van der Waals surface area contributed by atoms with Crippen LogP contribution in [-0.2, 0) is 41.0 Å². The SMILES string of the molecule is CC(C)(N)C(=O)N[C@H](Cc1c[nH]c2ccccc12)C(=O)N1CCC2(CC1)CC(C(=O)NS(C)(=O)=O)c1ccccc12.O=C(O)C(F)(F)F. The van der Waals surface area contributed by atoms with Gasteiger partial charge in [-0.25, -0.2) is 13.2 Å². The number of halogens is 3. The Labute approximate surface area is 275 Å². The molecule has 3 amide bonds. The van der Waals surface area contributed by atoms with E-state index in [4.69, 9.17) is 15.6 Å². The monoisotopic (exact) mass is 693 g/mol. The first-order valence-corrected chi connectivity index (χ1v) is 17.0. The Balaban J connectivity index is 0.000000671. The fourth-order valence-corrected chi connectivity index (χ4v) is 6.80. The van der Waals surface area contributed by atoms with E-state index < -0.39 is 51.5 Å². The molecule has 260 valence electrons. The molecular formula is C32H38F3N5O7S. The quantitative estimate of drug-likeness (QED) is 0.249. The molecule has 0 bridgehead atoms. The van der Waals surface area contributed by atoms with Gasteiger partial charge in [0, 0.05) is 42.0 Å². The maximum Gasteiger partial charge on any atom is 0.490 e. The lowest BCUT2D eigenvalue weighted by molar-refractivity contribution is -0.192. The second-order valence-electron chi connectivity index (χ2n) is 12.8. The van der Waals surface area contributed by atoms with E-state index in [2.05, 4.69) is 15.0 Å². The zero-order chi connectivity index (χ0) is 35.7. The summed E-state index contributed by atoms with van der Waals surface area (Å²) in [5.74, 6) is -4.45. The highest BCUT2D eigenvalue weighted by molar-refractivity contribution is 7.89. The average Bonchev–Trinajstić information content (AvgIpc) is 3.55. The standard InChI is InChI=1S/C30H37N5O5S.C2HF3O2/c1-29(2,31)28(38)33-25(16-19-18-32-24-11-7-5-8-20(19)24)27(37)35-14-12-30(13-15-35)17-22(26(36)34-41(3,39)40)21-9-4-6-10-23(21)30;3-2(4,5)1(6)7/h4-11,18,22,25,32H,12-17,31H2,1-3H3,(H,33,38)(H,34,36);(H,6,7)/t22?,25-;/m1./s1. The van der Waals surface area contributed by atoms with Crippen LogP contribution in [0.15, 0.2) is 54.7 Å². The van der Waals surface area contributed by atoms with Crippen molar-refractivity contribution in [2.45, 2.75) is 68.6 Å². The van der Waals surface area contributed by atoms with Crippen molar-refractivity contribution in [2.75, 3.05) is 19.3 Å². The second kappa shape index (κ2) is 13.6. The molecule has 0 radical (unpaired) electrons. The highest BCUT2D eigenvalue weighted by atomic mass is 32.2. The normalized spacial score (nSPS) is 18.0. The van der Waals surface area contributed by atoms with Crippen LogP contribution in [0.1, 0.15) is 55.7 Å². The Morgan fingerprint density at radius 1 is 1.06 bits per heavy atom. The number of carbonyl (C=O) groups excluding carboxylic acids is 3. The van der Waals surface area contributed by atoms with Crippen molar-refractivity contribution < 1.29 is 45.9 Å². The van der Waals surface area contributed by atoms with Crippen molar-refractivity contribution in [1.29, 1.82) is 0 Å². The number of para-hydroxylation sites is 1. The molecule has 2 atom stereocenters. The molecule has 16 heteroatoms. The molecule has 1 aliphatic carbocycles. The maximum absolute atomic E-state index is 13.9. The van der Waals surface area contributed by atoms with Crippen LogP contribution >= 0.6 is 0 Å². The third-order valence-electron chi connectivity index (χ3n) is 8.67. The number of benzene rings is 2. The number of hydrogen-bond acceptors (Lipinski definition) is 7. The van der Waals surface area contributed by atoms with E-state index in [0.717, 1.165) is 33.8 Å². The van der Waals surface area contributed by atoms with E-state index in [9.17, 15) is 36.0 Å². The van der Waals surface area contributed by atoms with Crippen molar-refractivity contribution in [1.82, 2.24) is 19.9 Å². The number of amides is 3. The topological polar surface area (TPSA) is 192 Å². The fourth-order valence-electron chi connectivity index (χ4n) is 6.30. The van der Waals surface area contributed by atoms with E-state index in [-0.39, 0.29) is 11.3 Å². The minimum Gasteiger partial charge on any atom is -0.475 e. The van der Waals surface area contributed by atoms with E-state index in [0.29, 0.717) is 38.8 Å². The predicted octanol–water partition coefficient (Wildman–Crippen LogP) is 2.69. The van der Waals surface area contributed by atoms with E-state index >= 15 is 0 Å². The van der Waals surface area contributed by atoms with Crippen LogP contribution in [-0.4, -0.2) is 84.2 Å². The molecule has 2 heterocycles. The fraction of sp³-hybridized carbons (Fsp3) is 0.438. The zero-order valence-electron chi connectivity index (χ0n) is 26.6. The number of rotatable bonds is 7. The van der Waals surface area contributed by atoms with Gasteiger partial charge in [0.1, 0.15) is 6.04 Å². The number of aromatic nitrogens is 1. The van der Waals surface area contributed by atoms with Crippen molar-refractivity contribution in [3.63, 3.8) is 0 Å². The Morgan fingerprint density at radius 3 is 2.23 bits per heavy atom.